The third-order valence-electron chi connectivity index (χ3n) is 6.44. The maximum atomic E-state index is 13.0. The van der Waals surface area contributed by atoms with Gasteiger partial charge in [0.1, 0.15) is 0 Å². The highest BCUT2D eigenvalue weighted by atomic mass is 16.2. The lowest BCUT2D eigenvalue weighted by Crippen LogP contribution is -2.46. The number of aromatic nitrogens is 1. The predicted octanol–water partition coefficient (Wildman–Crippen LogP) is 3.78. The van der Waals surface area contributed by atoms with Crippen molar-refractivity contribution >= 4 is 22.5 Å². The van der Waals surface area contributed by atoms with Crippen molar-refractivity contribution in [2.45, 2.75) is 13.1 Å². The number of anilines is 1. The molecule has 1 aliphatic heterocycles. The maximum absolute atomic E-state index is 13.0. The van der Waals surface area contributed by atoms with Crippen LogP contribution < -0.4 is 15.8 Å². The second-order valence-electron chi connectivity index (χ2n) is 8.64. The molecule has 5 rings (SSSR count). The minimum absolute atomic E-state index is 0.242. The summed E-state index contributed by atoms with van der Waals surface area (Å²) in [5.74, 6) is -0.242. The van der Waals surface area contributed by atoms with E-state index in [0.29, 0.717) is 17.6 Å². The third kappa shape index (κ3) is 4.87. The zero-order valence-corrected chi connectivity index (χ0v) is 19.0. The molecule has 4 aromatic rings. The summed E-state index contributed by atoms with van der Waals surface area (Å²) in [5.41, 5.74) is 4.36. The predicted molar refractivity (Wildman–Crippen MR) is 136 cm³/mol. The Balaban J connectivity index is 1.24. The molecule has 0 saturated carbocycles. The standard InChI is InChI=1S/C28H28N4O2/c33-27-18-25(24-12-6-7-13-26(24)30-27)28(34)29-19-21-8-4-5-9-22(21)20-31-14-16-32(17-15-31)23-10-2-1-3-11-23/h1-13,18H,14-17,19-20H2,(H,29,34)(H,30,33). The molecule has 2 heterocycles. The Morgan fingerprint density at radius 2 is 1.50 bits per heavy atom. The summed E-state index contributed by atoms with van der Waals surface area (Å²) in [7, 11) is 0. The third-order valence-corrected chi connectivity index (χ3v) is 6.44. The van der Waals surface area contributed by atoms with E-state index >= 15 is 0 Å². The van der Waals surface area contributed by atoms with Crippen LogP contribution in [0.4, 0.5) is 5.69 Å². The first-order chi connectivity index (χ1) is 16.7. The van der Waals surface area contributed by atoms with Crippen LogP contribution in [-0.4, -0.2) is 42.0 Å². The molecule has 1 aromatic heterocycles. The molecule has 0 aliphatic carbocycles. The SMILES string of the molecule is O=C(NCc1ccccc1CN1CCN(c2ccccc2)CC1)c1cc(=O)[nH]c2ccccc12. The fraction of sp³-hybridized carbons (Fsp3) is 0.214. The lowest BCUT2D eigenvalue weighted by molar-refractivity contribution is 0.0952. The van der Waals surface area contributed by atoms with Crippen molar-refractivity contribution in [2.24, 2.45) is 0 Å². The van der Waals surface area contributed by atoms with Crippen LogP contribution in [0.15, 0.2) is 89.7 Å². The van der Waals surface area contributed by atoms with Crippen LogP contribution in [0, 0.1) is 0 Å². The summed E-state index contributed by atoms with van der Waals surface area (Å²) in [6.07, 6.45) is 0. The number of nitrogens with one attached hydrogen (secondary N) is 2. The molecule has 3 aromatic carbocycles. The second kappa shape index (κ2) is 9.93. The molecule has 1 fully saturated rings. The van der Waals surface area contributed by atoms with Gasteiger partial charge in [0, 0.05) is 61.9 Å². The van der Waals surface area contributed by atoms with Gasteiger partial charge >= 0.3 is 0 Å². The van der Waals surface area contributed by atoms with E-state index in [0.717, 1.165) is 43.7 Å². The molecule has 0 spiro atoms. The number of H-pyrrole nitrogens is 1. The molecule has 6 heteroatoms. The number of para-hydroxylation sites is 2. The van der Waals surface area contributed by atoms with Crippen molar-refractivity contribution in [3.05, 3.63) is 112 Å². The van der Waals surface area contributed by atoms with Gasteiger partial charge in [-0.05, 0) is 29.3 Å². The monoisotopic (exact) mass is 452 g/mol. The first-order valence-electron chi connectivity index (χ1n) is 11.7. The number of carbonyl (C=O) groups excluding carboxylic acids is 1. The van der Waals surface area contributed by atoms with Crippen molar-refractivity contribution < 1.29 is 4.79 Å². The molecule has 172 valence electrons. The van der Waals surface area contributed by atoms with Gasteiger partial charge in [-0.25, -0.2) is 0 Å². The van der Waals surface area contributed by atoms with Crippen LogP contribution in [0.2, 0.25) is 0 Å². The number of aromatic amines is 1. The van der Waals surface area contributed by atoms with E-state index in [1.807, 2.05) is 36.4 Å². The number of amides is 1. The molecule has 0 radical (unpaired) electrons. The molecular weight excluding hydrogens is 424 g/mol. The van der Waals surface area contributed by atoms with Gasteiger partial charge in [-0.15, -0.1) is 0 Å². The fourth-order valence-corrected chi connectivity index (χ4v) is 4.59. The summed E-state index contributed by atoms with van der Waals surface area (Å²) in [5, 5.41) is 3.76. The number of hydrogen-bond acceptors (Lipinski definition) is 4. The molecule has 1 amide bonds. The van der Waals surface area contributed by atoms with Gasteiger partial charge in [-0.2, -0.15) is 0 Å². The topological polar surface area (TPSA) is 68.4 Å². The van der Waals surface area contributed by atoms with Crippen molar-refractivity contribution in [3.63, 3.8) is 0 Å². The highest BCUT2D eigenvalue weighted by Crippen LogP contribution is 2.19. The molecule has 0 atom stereocenters. The van der Waals surface area contributed by atoms with Crippen LogP contribution in [0.3, 0.4) is 0 Å². The van der Waals surface area contributed by atoms with E-state index < -0.39 is 0 Å². The second-order valence-corrected chi connectivity index (χ2v) is 8.64. The molecule has 34 heavy (non-hydrogen) atoms. The van der Waals surface area contributed by atoms with E-state index in [4.69, 9.17) is 0 Å². The average molecular weight is 453 g/mol. The molecule has 0 unspecified atom stereocenters. The summed E-state index contributed by atoms with van der Waals surface area (Å²) < 4.78 is 0. The number of hydrogen-bond donors (Lipinski definition) is 2. The van der Waals surface area contributed by atoms with Crippen LogP contribution in [-0.2, 0) is 13.1 Å². The number of piperazine rings is 1. The fourth-order valence-electron chi connectivity index (χ4n) is 4.59. The van der Waals surface area contributed by atoms with E-state index in [-0.39, 0.29) is 11.5 Å². The number of nitrogens with zero attached hydrogens (tertiary/aromatic N) is 2. The highest BCUT2D eigenvalue weighted by Gasteiger charge is 2.18. The summed E-state index contributed by atoms with van der Waals surface area (Å²) in [6.45, 7) is 5.25. The van der Waals surface area contributed by atoms with Gasteiger partial charge in [0.2, 0.25) is 5.56 Å². The summed E-state index contributed by atoms with van der Waals surface area (Å²) >= 11 is 0. The van der Waals surface area contributed by atoms with Crippen LogP contribution in [0.5, 0.6) is 0 Å². The first-order valence-corrected chi connectivity index (χ1v) is 11.7. The molecular formula is C28H28N4O2. The minimum atomic E-state index is -0.279. The minimum Gasteiger partial charge on any atom is -0.369 e. The van der Waals surface area contributed by atoms with E-state index in [1.165, 1.54) is 17.3 Å². The zero-order valence-electron chi connectivity index (χ0n) is 19.0. The van der Waals surface area contributed by atoms with E-state index in [9.17, 15) is 9.59 Å². The average Bonchev–Trinajstić information content (AvgIpc) is 2.88. The summed E-state index contributed by atoms with van der Waals surface area (Å²) in [6, 6.07) is 27.5. The maximum Gasteiger partial charge on any atom is 0.252 e. The Kier molecular flexibility index (Phi) is 6.40. The number of fused-ring (bicyclic) bond motifs is 1. The van der Waals surface area contributed by atoms with Crippen molar-refractivity contribution in [3.8, 4) is 0 Å². The van der Waals surface area contributed by atoms with Crippen LogP contribution >= 0.6 is 0 Å². The Morgan fingerprint density at radius 3 is 2.29 bits per heavy atom. The van der Waals surface area contributed by atoms with Gasteiger partial charge in [-0.1, -0.05) is 60.7 Å². The number of pyridine rings is 1. The van der Waals surface area contributed by atoms with E-state index in [1.54, 1.807) is 6.07 Å². The highest BCUT2D eigenvalue weighted by molar-refractivity contribution is 6.05. The molecule has 0 bridgehead atoms. The van der Waals surface area contributed by atoms with Gasteiger partial charge < -0.3 is 15.2 Å². The normalized spacial score (nSPS) is 14.3. The van der Waals surface area contributed by atoms with Crippen molar-refractivity contribution in [1.29, 1.82) is 0 Å². The van der Waals surface area contributed by atoms with Crippen LogP contribution in [0.1, 0.15) is 21.5 Å². The zero-order chi connectivity index (χ0) is 23.3. The lowest BCUT2D eigenvalue weighted by Gasteiger charge is -2.36. The first kappa shape index (κ1) is 21.9. The number of benzene rings is 3. The Morgan fingerprint density at radius 1 is 0.824 bits per heavy atom. The Hall–Kier alpha value is -3.90. The van der Waals surface area contributed by atoms with Gasteiger partial charge in [0.15, 0.2) is 0 Å². The molecule has 1 aliphatic rings. The van der Waals surface area contributed by atoms with Gasteiger partial charge in [-0.3, -0.25) is 14.5 Å². The van der Waals surface area contributed by atoms with Gasteiger partial charge in [0.05, 0.1) is 5.56 Å². The Labute approximate surface area is 198 Å². The smallest absolute Gasteiger partial charge is 0.252 e. The number of rotatable bonds is 6. The quantitative estimate of drug-likeness (QED) is 0.467. The number of carbonyl (C=O) groups is 1. The molecule has 1 saturated heterocycles. The molecule has 2 N–H and O–H groups in total. The van der Waals surface area contributed by atoms with Crippen LogP contribution in [0.25, 0.3) is 10.9 Å². The van der Waals surface area contributed by atoms with E-state index in [2.05, 4.69) is 56.5 Å². The van der Waals surface area contributed by atoms with Crippen molar-refractivity contribution in [2.75, 3.05) is 31.1 Å². The van der Waals surface area contributed by atoms with Crippen molar-refractivity contribution in [1.82, 2.24) is 15.2 Å². The summed E-state index contributed by atoms with van der Waals surface area (Å²) in [4.78, 5) is 32.7. The largest absolute Gasteiger partial charge is 0.369 e. The lowest BCUT2D eigenvalue weighted by atomic mass is 10.1. The Bertz CT molecular complexity index is 1340. The molecule has 6 nitrogen and oxygen atoms in total. The van der Waals surface area contributed by atoms with Gasteiger partial charge in [0.25, 0.3) is 5.91 Å².